The lowest BCUT2D eigenvalue weighted by Crippen LogP contribution is -2.31. The van der Waals surface area contributed by atoms with Gasteiger partial charge in [-0.05, 0) is 66.9 Å². The van der Waals surface area contributed by atoms with Crippen molar-refractivity contribution < 1.29 is 28.7 Å². The minimum absolute atomic E-state index is 0.305. The van der Waals surface area contributed by atoms with Crippen LogP contribution in [0.4, 0.5) is 11.4 Å². The molecule has 3 rings (SSSR count). The SMILES string of the molecule is CCOc1ccc(NC(=O)c2ccc(NC(=O)COC(=O)CNC(=O)c3cccs3)cc2)cc1. The van der Waals surface area contributed by atoms with E-state index in [2.05, 4.69) is 16.0 Å². The molecule has 0 unspecified atom stereocenters. The predicted octanol–water partition coefficient (Wildman–Crippen LogP) is 3.31. The van der Waals surface area contributed by atoms with Gasteiger partial charge in [-0.25, -0.2) is 0 Å². The van der Waals surface area contributed by atoms with Gasteiger partial charge >= 0.3 is 5.97 Å². The third kappa shape index (κ3) is 7.45. The average molecular weight is 482 g/mol. The number of amides is 3. The Labute approximate surface area is 200 Å². The van der Waals surface area contributed by atoms with E-state index in [0.717, 1.165) is 5.75 Å². The Balaban J connectivity index is 1.40. The first-order valence-corrected chi connectivity index (χ1v) is 11.2. The van der Waals surface area contributed by atoms with Gasteiger partial charge in [0.25, 0.3) is 17.7 Å². The van der Waals surface area contributed by atoms with Crippen LogP contribution in [-0.4, -0.2) is 43.4 Å². The van der Waals surface area contributed by atoms with Crippen molar-refractivity contribution in [1.29, 1.82) is 0 Å². The van der Waals surface area contributed by atoms with Gasteiger partial charge < -0.3 is 25.4 Å². The molecular weight excluding hydrogens is 458 g/mol. The summed E-state index contributed by atoms with van der Waals surface area (Å²) in [5.74, 6) is -1.26. The summed E-state index contributed by atoms with van der Waals surface area (Å²) in [6, 6.07) is 16.6. The molecule has 0 saturated heterocycles. The summed E-state index contributed by atoms with van der Waals surface area (Å²) in [4.78, 5) is 48.4. The molecule has 0 saturated carbocycles. The molecule has 0 radical (unpaired) electrons. The molecule has 1 aromatic heterocycles. The molecule has 0 bridgehead atoms. The van der Waals surface area contributed by atoms with E-state index in [9.17, 15) is 19.2 Å². The molecule has 3 amide bonds. The van der Waals surface area contributed by atoms with Crippen molar-refractivity contribution in [2.45, 2.75) is 6.92 Å². The lowest BCUT2D eigenvalue weighted by Gasteiger charge is -2.09. The molecule has 0 aliphatic rings. The lowest BCUT2D eigenvalue weighted by molar-refractivity contribution is -0.146. The first kappa shape index (κ1) is 24.5. The zero-order valence-electron chi connectivity index (χ0n) is 18.3. The normalized spacial score (nSPS) is 10.1. The summed E-state index contributed by atoms with van der Waals surface area (Å²) < 4.78 is 10.2. The maximum absolute atomic E-state index is 12.4. The standard InChI is InChI=1S/C24H23N3O6S/c1-2-32-19-11-9-18(10-12-19)27-23(30)16-5-7-17(8-6-16)26-21(28)15-33-22(29)14-25-24(31)20-4-3-13-34-20/h3-13H,2,14-15H2,1H3,(H,25,31)(H,26,28)(H,27,30). The Morgan fingerprint density at radius 2 is 1.53 bits per heavy atom. The summed E-state index contributed by atoms with van der Waals surface area (Å²) in [5.41, 5.74) is 1.46. The van der Waals surface area contributed by atoms with Crippen LogP contribution in [0.2, 0.25) is 0 Å². The fourth-order valence-corrected chi connectivity index (χ4v) is 3.39. The van der Waals surface area contributed by atoms with Crippen molar-refractivity contribution in [1.82, 2.24) is 5.32 Å². The van der Waals surface area contributed by atoms with E-state index < -0.39 is 18.5 Å². The van der Waals surface area contributed by atoms with E-state index in [1.165, 1.54) is 11.3 Å². The molecule has 0 aliphatic carbocycles. The Morgan fingerprint density at radius 1 is 0.853 bits per heavy atom. The van der Waals surface area contributed by atoms with Gasteiger partial charge in [-0.15, -0.1) is 11.3 Å². The molecular formula is C24H23N3O6S. The molecule has 10 heteroatoms. The number of nitrogens with one attached hydrogen (secondary N) is 3. The van der Waals surface area contributed by atoms with Crippen LogP contribution < -0.4 is 20.7 Å². The smallest absolute Gasteiger partial charge is 0.325 e. The average Bonchev–Trinajstić information content (AvgIpc) is 3.38. The highest BCUT2D eigenvalue weighted by Crippen LogP contribution is 2.17. The third-order valence-electron chi connectivity index (χ3n) is 4.36. The largest absolute Gasteiger partial charge is 0.494 e. The van der Waals surface area contributed by atoms with Crippen LogP contribution in [0.25, 0.3) is 0 Å². The van der Waals surface area contributed by atoms with Gasteiger partial charge in [0.15, 0.2) is 6.61 Å². The number of ether oxygens (including phenoxy) is 2. The second-order valence-corrected chi connectivity index (χ2v) is 7.81. The predicted molar refractivity (Wildman–Crippen MR) is 128 cm³/mol. The van der Waals surface area contributed by atoms with Crippen LogP contribution in [0.3, 0.4) is 0 Å². The van der Waals surface area contributed by atoms with Crippen molar-refractivity contribution >= 4 is 46.4 Å². The van der Waals surface area contributed by atoms with Crippen LogP contribution in [0.15, 0.2) is 66.0 Å². The first-order valence-electron chi connectivity index (χ1n) is 10.4. The van der Waals surface area contributed by atoms with Gasteiger partial charge in [-0.3, -0.25) is 19.2 Å². The topological polar surface area (TPSA) is 123 Å². The highest BCUT2D eigenvalue weighted by molar-refractivity contribution is 7.12. The number of esters is 1. The van der Waals surface area contributed by atoms with Gasteiger partial charge in [0.05, 0.1) is 11.5 Å². The molecule has 1 heterocycles. The van der Waals surface area contributed by atoms with Crippen LogP contribution in [0.5, 0.6) is 5.75 Å². The molecule has 0 fully saturated rings. The second-order valence-electron chi connectivity index (χ2n) is 6.86. The molecule has 3 aromatic rings. The Hall–Kier alpha value is -4.18. The van der Waals surface area contributed by atoms with E-state index in [1.807, 2.05) is 6.92 Å². The van der Waals surface area contributed by atoms with E-state index in [4.69, 9.17) is 9.47 Å². The molecule has 34 heavy (non-hydrogen) atoms. The highest BCUT2D eigenvalue weighted by Gasteiger charge is 2.12. The molecule has 0 aliphatic heterocycles. The van der Waals surface area contributed by atoms with Gasteiger partial charge in [0.1, 0.15) is 12.3 Å². The summed E-state index contributed by atoms with van der Waals surface area (Å²) in [6.07, 6.45) is 0. The number of rotatable bonds is 10. The number of anilines is 2. The minimum atomic E-state index is -0.735. The maximum Gasteiger partial charge on any atom is 0.325 e. The van der Waals surface area contributed by atoms with E-state index in [1.54, 1.807) is 66.0 Å². The van der Waals surface area contributed by atoms with Crippen molar-refractivity contribution in [3.05, 3.63) is 76.5 Å². The summed E-state index contributed by atoms with van der Waals surface area (Å²) in [7, 11) is 0. The molecule has 9 nitrogen and oxygen atoms in total. The summed E-state index contributed by atoms with van der Waals surface area (Å²) >= 11 is 1.25. The number of hydrogen-bond donors (Lipinski definition) is 3. The quantitative estimate of drug-likeness (QED) is 0.382. The summed E-state index contributed by atoms with van der Waals surface area (Å²) in [6.45, 7) is 1.60. The van der Waals surface area contributed by atoms with E-state index in [0.29, 0.717) is 28.4 Å². The summed E-state index contributed by atoms with van der Waals surface area (Å²) in [5, 5.41) is 9.52. The zero-order chi connectivity index (χ0) is 24.3. The Kier molecular flexibility index (Phi) is 8.75. The van der Waals surface area contributed by atoms with Crippen molar-refractivity contribution in [2.24, 2.45) is 0 Å². The fourth-order valence-electron chi connectivity index (χ4n) is 2.75. The van der Waals surface area contributed by atoms with Gasteiger partial charge in [-0.2, -0.15) is 0 Å². The first-order chi connectivity index (χ1) is 16.4. The molecule has 2 aromatic carbocycles. The molecule has 176 valence electrons. The van der Waals surface area contributed by atoms with Gasteiger partial charge in [-0.1, -0.05) is 6.07 Å². The van der Waals surface area contributed by atoms with Crippen molar-refractivity contribution in [2.75, 3.05) is 30.4 Å². The van der Waals surface area contributed by atoms with Crippen LogP contribution in [-0.2, 0) is 14.3 Å². The van der Waals surface area contributed by atoms with Crippen molar-refractivity contribution in [3.8, 4) is 5.75 Å². The number of carbonyl (C=O) groups is 4. The fraction of sp³-hybridized carbons (Fsp3) is 0.167. The second kappa shape index (κ2) is 12.2. The Bertz CT molecular complexity index is 1130. The van der Waals surface area contributed by atoms with Crippen LogP contribution in [0.1, 0.15) is 27.0 Å². The monoisotopic (exact) mass is 481 g/mol. The number of thiophene rings is 1. The van der Waals surface area contributed by atoms with Gasteiger partial charge in [0, 0.05) is 16.9 Å². The highest BCUT2D eigenvalue weighted by atomic mass is 32.1. The van der Waals surface area contributed by atoms with Crippen LogP contribution in [0, 0.1) is 0 Å². The number of carbonyl (C=O) groups excluding carboxylic acids is 4. The third-order valence-corrected chi connectivity index (χ3v) is 5.23. The van der Waals surface area contributed by atoms with E-state index >= 15 is 0 Å². The van der Waals surface area contributed by atoms with Gasteiger partial charge in [0.2, 0.25) is 0 Å². The maximum atomic E-state index is 12.4. The van der Waals surface area contributed by atoms with Crippen LogP contribution >= 0.6 is 11.3 Å². The number of benzene rings is 2. The Morgan fingerprint density at radius 3 is 2.18 bits per heavy atom. The lowest BCUT2D eigenvalue weighted by atomic mass is 10.2. The minimum Gasteiger partial charge on any atom is -0.494 e. The van der Waals surface area contributed by atoms with Crippen molar-refractivity contribution in [3.63, 3.8) is 0 Å². The molecule has 3 N–H and O–H groups in total. The zero-order valence-corrected chi connectivity index (χ0v) is 19.1. The number of hydrogen-bond acceptors (Lipinski definition) is 7. The molecule has 0 spiro atoms. The van der Waals surface area contributed by atoms with E-state index in [-0.39, 0.29) is 18.4 Å². The molecule has 0 atom stereocenters.